The first-order valence-corrected chi connectivity index (χ1v) is 9.53. The van der Waals surface area contributed by atoms with E-state index in [1.807, 2.05) is 17.5 Å². The molecule has 0 unspecified atom stereocenters. The monoisotopic (exact) mass is 392 g/mol. The molecule has 0 radical (unpaired) electrons. The molecule has 1 N–H and O–H groups in total. The second kappa shape index (κ2) is 7.70. The lowest BCUT2D eigenvalue weighted by molar-refractivity contribution is -0.131. The number of thiophene rings is 1. The molecule has 28 heavy (non-hydrogen) atoms. The fourth-order valence-corrected chi connectivity index (χ4v) is 3.85. The van der Waals surface area contributed by atoms with E-state index >= 15 is 0 Å². The number of benzene rings is 3. The molecule has 0 saturated heterocycles. The molecule has 0 spiro atoms. The minimum absolute atomic E-state index is 0.119. The number of aliphatic carboxylic acids is 1. The molecule has 0 atom stereocenters. The number of hydrogen-bond acceptors (Lipinski definition) is 5. The van der Waals surface area contributed by atoms with Crippen LogP contribution >= 0.6 is 11.3 Å². The largest absolute Gasteiger partial charge is 0.490 e. The molecule has 0 fully saturated rings. The summed E-state index contributed by atoms with van der Waals surface area (Å²) < 4.78 is 12.7. The van der Waals surface area contributed by atoms with Crippen molar-refractivity contribution in [2.75, 3.05) is 13.2 Å². The van der Waals surface area contributed by atoms with E-state index in [0.717, 1.165) is 11.1 Å². The Labute approximate surface area is 164 Å². The zero-order valence-corrected chi connectivity index (χ0v) is 15.6. The van der Waals surface area contributed by atoms with Gasteiger partial charge in [-0.05, 0) is 47.2 Å². The standard InChI is InChI=1S/C22H16O5S/c23-21(22(24)25)14-5-7-17(8-6-14)26-9-10-27-19-13-28-20-12-16-4-2-1-3-15(16)11-18(19)20/h1-8,11-13H,9-10H2,(H,24,25). The molecule has 0 amide bonds. The van der Waals surface area contributed by atoms with Crippen LogP contribution in [-0.4, -0.2) is 30.1 Å². The van der Waals surface area contributed by atoms with Gasteiger partial charge in [-0.1, -0.05) is 24.3 Å². The van der Waals surface area contributed by atoms with Crippen LogP contribution < -0.4 is 9.47 Å². The Morgan fingerprint density at radius 2 is 1.57 bits per heavy atom. The maximum atomic E-state index is 11.4. The van der Waals surface area contributed by atoms with Crippen molar-refractivity contribution in [1.82, 2.24) is 0 Å². The fraction of sp³-hybridized carbons (Fsp3) is 0.0909. The van der Waals surface area contributed by atoms with Crippen molar-refractivity contribution >= 4 is 43.9 Å². The molecule has 0 aliphatic heterocycles. The summed E-state index contributed by atoms with van der Waals surface area (Å²) in [5.74, 6) is -1.03. The van der Waals surface area contributed by atoms with Crippen LogP contribution in [0.1, 0.15) is 10.4 Å². The van der Waals surface area contributed by atoms with E-state index in [-0.39, 0.29) is 5.56 Å². The summed E-state index contributed by atoms with van der Waals surface area (Å²) in [6.07, 6.45) is 0. The molecule has 140 valence electrons. The summed E-state index contributed by atoms with van der Waals surface area (Å²) in [6.45, 7) is 0.700. The second-order valence-electron chi connectivity index (χ2n) is 6.15. The molecule has 3 aromatic carbocycles. The van der Waals surface area contributed by atoms with Gasteiger partial charge in [-0.25, -0.2) is 4.79 Å². The summed E-state index contributed by atoms with van der Waals surface area (Å²) in [6, 6.07) is 18.5. The maximum absolute atomic E-state index is 11.4. The quantitative estimate of drug-likeness (QED) is 0.278. The zero-order chi connectivity index (χ0) is 19.5. The molecule has 0 bridgehead atoms. The van der Waals surface area contributed by atoms with Crippen molar-refractivity contribution in [1.29, 1.82) is 0 Å². The highest BCUT2D eigenvalue weighted by molar-refractivity contribution is 7.17. The van der Waals surface area contributed by atoms with E-state index in [4.69, 9.17) is 14.6 Å². The Kier molecular flexibility index (Phi) is 4.95. The molecule has 4 rings (SSSR count). The average Bonchev–Trinajstić information content (AvgIpc) is 3.11. The van der Waals surface area contributed by atoms with Gasteiger partial charge >= 0.3 is 5.97 Å². The molecule has 5 nitrogen and oxygen atoms in total. The number of ketones is 1. The van der Waals surface area contributed by atoms with Crippen molar-refractivity contribution in [3.8, 4) is 11.5 Å². The number of fused-ring (bicyclic) bond motifs is 2. The van der Waals surface area contributed by atoms with Crippen LogP contribution in [0.2, 0.25) is 0 Å². The number of carboxylic acids is 1. The molecule has 1 heterocycles. The highest BCUT2D eigenvalue weighted by Gasteiger charge is 2.14. The zero-order valence-electron chi connectivity index (χ0n) is 14.8. The number of ether oxygens (including phenoxy) is 2. The average molecular weight is 392 g/mol. The highest BCUT2D eigenvalue weighted by Crippen LogP contribution is 2.35. The molecule has 0 aliphatic rings. The Bertz CT molecular complexity index is 1160. The first-order valence-electron chi connectivity index (χ1n) is 8.65. The van der Waals surface area contributed by atoms with Crippen LogP contribution in [0.3, 0.4) is 0 Å². The molecule has 0 aliphatic carbocycles. The summed E-state index contributed by atoms with van der Waals surface area (Å²) >= 11 is 1.64. The number of carbonyl (C=O) groups excluding carboxylic acids is 1. The van der Waals surface area contributed by atoms with Gasteiger partial charge in [-0.2, -0.15) is 0 Å². The van der Waals surface area contributed by atoms with Crippen LogP contribution in [0.25, 0.3) is 20.9 Å². The van der Waals surface area contributed by atoms with E-state index in [1.165, 1.54) is 27.6 Å². The van der Waals surface area contributed by atoms with Crippen molar-refractivity contribution in [2.24, 2.45) is 0 Å². The summed E-state index contributed by atoms with van der Waals surface area (Å²) in [4.78, 5) is 22.1. The van der Waals surface area contributed by atoms with Crippen molar-refractivity contribution in [2.45, 2.75) is 0 Å². The first-order chi connectivity index (χ1) is 13.6. The van der Waals surface area contributed by atoms with E-state index in [2.05, 4.69) is 24.3 Å². The minimum Gasteiger partial charge on any atom is -0.490 e. The second-order valence-corrected chi connectivity index (χ2v) is 7.06. The molecular weight excluding hydrogens is 376 g/mol. The smallest absolute Gasteiger partial charge is 0.377 e. The lowest BCUT2D eigenvalue weighted by Crippen LogP contribution is -2.12. The molecular formula is C22H16O5S. The maximum Gasteiger partial charge on any atom is 0.377 e. The van der Waals surface area contributed by atoms with Crippen LogP contribution in [0.15, 0.2) is 66.0 Å². The molecule has 4 aromatic rings. The van der Waals surface area contributed by atoms with Gasteiger partial charge in [0.25, 0.3) is 5.78 Å². The van der Waals surface area contributed by atoms with Crippen LogP contribution in [0.4, 0.5) is 0 Å². The number of carbonyl (C=O) groups is 2. The van der Waals surface area contributed by atoms with Crippen molar-refractivity contribution in [3.63, 3.8) is 0 Å². The predicted molar refractivity (Wildman–Crippen MR) is 109 cm³/mol. The molecule has 6 heteroatoms. The van der Waals surface area contributed by atoms with Gasteiger partial charge in [-0.15, -0.1) is 11.3 Å². The van der Waals surface area contributed by atoms with Gasteiger partial charge in [0.05, 0.1) is 0 Å². The Morgan fingerprint density at radius 3 is 2.29 bits per heavy atom. The lowest BCUT2D eigenvalue weighted by Gasteiger charge is -2.08. The topological polar surface area (TPSA) is 72.8 Å². The molecule has 0 saturated carbocycles. The number of carboxylic acid groups (broad SMARTS) is 1. The predicted octanol–water partition coefficient (Wildman–Crippen LogP) is 4.78. The van der Waals surface area contributed by atoms with Gasteiger partial charge in [0.15, 0.2) is 0 Å². The minimum atomic E-state index is -1.47. The third-order valence-electron chi connectivity index (χ3n) is 4.33. The Morgan fingerprint density at radius 1 is 0.893 bits per heavy atom. The van der Waals surface area contributed by atoms with Crippen LogP contribution in [0.5, 0.6) is 11.5 Å². The van der Waals surface area contributed by atoms with Gasteiger partial charge in [0.2, 0.25) is 0 Å². The third-order valence-corrected chi connectivity index (χ3v) is 5.25. The number of hydrogen-bond donors (Lipinski definition) is 1. The SMILES string of the molecule is O=C(O)C(=O)c1ccc(OCCOc2csc3cc4ccccc4cc23)cc1. The first kappa shape index (κ1) is 18.0. The summed E-state index contributed by atoms with van der Waals surface area (Å²) in [7, 11) is 0. The van der Waals surface area contributed by atoms with E-state index in [1.54, 1.807) is 23.5 Å². The summed E-state index contributed by atoms with van der Waals surface area (Å²) in [5.41, 5.74) is 0.119. The van der Waals surface area contributed by atoms with E-state index in [0.29, 0.717) is 19.0 Å². The number of rotatable bonds is 7. The van der Waals surface area contributed by atoms with E-state index in [9.17, 15) is 9.59 Å². The highest BCUT2D eigenvalue weighted by atomic mass is 32.1. The normalized spacial score (nSPS) is 10.9. The van der Waals surface area contributed by atoms with Gasteiger partial charge in [-0.3, -0.25) is 4.79 Å². The van der Waals surface area contributed by atoms with Crippen molar-refractivity contribution in [3.05, 3.63) is 71.6 Å². The van der Waals surface area contributed by atoms with Gasteiger partial charge in [0, 0.05) is 21.0 Å². The lowest BCUT2D eigenvalue weighted by atomic mass is 10.1. The third kappa shape index (κ3) is 3.68. The van der Waals surface area contributed by atoms with Crippen LogP contribution in [0, 0.1) is 0 Å². The Hall–Kier alpha value is -3.38. The van der Waals surface area contributed by atoms with Crippen molar-refractivity contribution < 1.29 is 24.2 Å². The Balaban J connectivity index is 1.37. The fourth-order valence-electron chi connectivity index (χ4n) is 2.94. The number of Topliss-reactive ketones (excluding diaryl/α,β-unsaturated/α-hetero) is 1. The van der Waals surface area contributed by atoms with Crippen LogP contribution in [-0.2, 0) is 4.79 Å². The van der Waals surface area contributed by atoms with E-state index < -0.39 is 11.8 Å². The van der Waals surface area contributed by atoms with Gasteiger partial charge < -0.3 is 14.6 Å². The van der Waals surface area contributed by atoms with Gasteiger partial charge in [0.1, 0.15) is 24.7 Å². The molecule has 1 aromatic heterocycles. The summed E-state index contributed by atoms with van der Waals surface area (Å²) in [5, 5.41) is 14.2.